The molecule has 4 heterocycles. The molecule has 0 unspecified atom stereocenters. The fraction of sp³-hybridized carbons (Fsp3) is 0. The van der Waals surface area contributed by atoms with Crippen molar-refractivity contribution in [1.29, 1.82) is 0 Å². The van der Waals surface area contributed by atoms with Crippen molar-refractivity contribution in [2.45, 2.75) is 0 Å². The lowest BCUT2D eigenvalue weighted by molar-refractivity contribution is 0.670. The Balaban J connectivity index is 0.996. The highest BCUT2D eigenvalue weighted by Crippen LogP contribution is 2.45. The van der Waals surface area contributed by atoms with Crippen molar-refractivity contribution in [3.63, 3.8) is 0 Å². The third-order valence-corrected chi connectivity index (χ3v) is 12.3. The van der Waals surface area contributed by atoms with Crippen molar-refractivity contribution < 1.29 is 4.42 Å². The van der Waals surface area contributed by atoms with E-state index in [1.54, 1.807) is 11.3 Å². The van der Waals surface area contributed by atoms with Crippen LogP contribution in [0.2, 0.25) is 0 Å². The normalized spacial score (nSPS) is 11.9. The van der Waals surface area contributed by atoms with Gasteiger partial charge in [-0.05, 0) is 36.4 Å². The van der Waals surface area contributed by atoms with Crippen molar-refractivity contribution >= 4 is 75.3 Å². The summed E-state index contributed by atoms with van der Waals surface area (Å²) in [6, 6.07) is 63.7. The highest BCUT2D eigenvalue weighted by Gasteiger charge is 2.19. The molecule has 12 rings (SSSR count). The molecule has 0 bridgehead atoms. The number of hydrogen-bond donors (Lipinski definition) is 0. The van der Waals surface area contributed by atoms with Crippen LogP contribution in [0.3, 0.4) is 0 Å². The zero-order valence-corrected chi connectivity index (χ0v) is 31.2. The van der Waals surface area contributed by atoms with Crippen LogP contribution in [-0.4, -0.2) is 19.5 Å². The second-order valence-corrected chi connectivity index (χ2v) is 15.4. The summed E-state index contributed by atoms with van der Waals surface area (Å²) in [6.45, 7) is 0. The predicted octanol–water partition coefficient (Wildman–Crippen LogP) is 13.9. The van der Waals surface area contributed by atoms with Crippen LogP contribution < -0.4 is 0 Å². The maximum absolute atomic E-state index is 6.75. The minimum absolute atomic E-state index is 0.648. The number of hydrogen-bond acceptors (Lipinski definition) is 5. The predicted molar refractivity (Wildman–Crippen MR) is 236 cm³/mol. The molecule has 0 spiro atoms. The molecule has 0 radical (unpaired) electrons. The molecule has 0 saturated heterocycles. The number of thiophene rings is 1. The molecule has 12 aromatic rings. The number of furan rings is 1. The summed E-state index contributed by atoms with van der Waals surface area (Å²) in [5.41, 5.74) is 10.3. The Hall–Kier alpha value is -7.41. The first kappa shape index (κ1) is 31.9. The van der Waals surface area contributed by atoms with Gasteiger partial charge in [0.05, 0.1) is 11.0 Å². The van der Waals surface area contributed by atoms with Crippen molar-refractivity contribution in [2.24, 2.45) is 0 Å². The SMILES string of the molecule is c1ccc(-c2nc(-c3ccccc3)nc(-c3ccc4c(c3)sc3c(-c5cccc6c5oc5ccc(-n7c8ccccc8c8ccccc87)cc56)cccc34)n2)cc1. The van der Waals surface area contributed by atoms with Crippen molar-refractivity contribution in [3.8, 4) is 51.0 Å². The van der Waals surface area contributed by atoms with E-state index in [9.17, 15) is 0 Å². The Morgan fingerprint density at radius 3 is 1.67 bits per heavy atom. The van der Waals surface area contributed by atoms with Crippen LogP contribution in [0.1, 0.15) is 0 Å². The summed E-state index contributed by atoms with van der Waals surface area (Å²) in [6.07, 6.45) is 0. The molecule has 0 aliphatic carbocycles. The summed E-state index contributed by atoms with van der Waals surface area (Å²) in [5.74, 6) is 1.95. The van der Waals surface area contributed by atoms with Crippen LogP contribution in [0.4, 0.5) is 0 Å². The third-order valence-electron chi connectivity index (χ3n) is 11.1. The molecule has 0 amide bonds. The highest BCUT2D eigenvalue weighted by atomic mass is 32.1. The van der Waals surface area contributed by atoms with Gasteiger partial charge in [0, 0.05) is 75.2 Å². The van der Waals surface area contributed by atoms with Crippen LogP contribution in [0.5, 0.6) is 0 Å². The number of aromatic nitrogens is 4. The zero-order chi connectivity index (χ0) is 37.5. The van der Waals surface area contributed by atoms with Gasteiger partial charge in [-0.3, -0.25) is 0 Å². The van der Waals surface area contributed by atoms with E-state index in [0.29, 0.717) is 17.5 Å². The maximum Gasteiger partial charge on any atom is 0.164 e. The molecule has 0 atom stereocenters. The molecule has 6 heteroatoms. The topological polar surface area (TPSA) is 56.7 Å². The van der Waals surface area contributed by atoms with E-state index < -0.39 is 0 Å². The summed E-state index contributed by atoms with van der Waals surface area (Å²) in [4.78, 5) is 14.9. The summed E-state index contributed by atoms with van der Waals surface area (Å²) >= 11 is 1.80. The molecule has 0 fully saturated rings. The van der Waals surface area contributed by atoms with Crippen molar-refractivity contribution in [1.82, 2.24) is 19.5 Å². The number of rotatable bonds is 5. The molecule has 0 N–H and O–H groups in total. The molecular weight excluding hydrogens is 717 g/mol. The fourth-order valence-corrected chi connectivity index (χ4v) is 9.70. The quantitative estimate of drug-likeness (QED) is 0.176. The van der Waals surface area contributed by atoms with Crippen LogP contribution >= 0.6 is 11.3 Å². The Kier molecular flexibility index (Phi) is 7.03. The molecule has 4 aromatic heterocycles. The van der Waals surface area contributed by atoms with E-state index in [2.05, 4.69) is 126 Å². The van der Waals surface area contributed by atoms with E-state index in [1.807, 2.05) is 60.7 Å². The number of nitrogens with zero attached hydrogens (tertiary/aromatic N) is 4. The lowest BCUT2D eigenvalue weighted by atomic mass is 10.00. The monoisotopic (exact) mass is 746 g/mol. The minimum Gasteiger partial charge on any atom is -0.455 e. The molecule has 8 aromatic carbocycles. The summed E-state index contributed by atoms with van der Waals surface area (Å²) in [5, 5.41) is 7.11. The molecule has 266 valence electrons. The van der Waals surface area contributed by atoms with Gasteiger partial charge in [-0.25, -0.2) is 15.0 Å². The lowest BCUT2D eigenvalue weighted by Crippen LogP contribution is -1.99. The highest BCUT2D eigenvalue weighted by molar-refractivity contribution is 7.26. The van der Waals surface area contributed by atoms with Gasteiger partial charge in [-0.1, -0.05) is 146 Å². The van der Waals surface area contributed by atoms with Crippen LogP contribution in [0, 0.1) is 0 Å². The molecular formula is C51H30N4OS. The van der Waals surface area contributed by atoms with Gasteiger partial charge in [0.1, 0.15) is 11.2 Å². The largest absolute Gasteiger partial charge is 0.455 e. The number of benzene rings is 8. The first-order valence-corrected chi connectivity index (χ1v) is 19.8. The standard InChI is InChI=1S/C51H30N4OS/c1-3-13-31(14-4-1)49-52-50(32-15-5-2-6-16-32)54-51(53-49)33-25-27-37-40-21-12-22-41(48(40)57-46(37)29-33)38-19-11-20-39-42-30-34(26-28-45(42)56-47(38)39)55-43-23-9-7-17-35(43)36-18-8-10-24-44(36)55/h1-30H. The summed E-state index contributed by atoms with van der Waals surface area (Å²) < 4.78 is 11.5. The Bertz CT molecular complexity index is 3420. The van der Waals surface area contributed by atoms with Crippen molar-refractivity contribution in [2.75, 3.05) is 0 Å². The molecule has 0 aliphatic heterocycles. The zero-order valence-electron chi connectivity index (χ0n) is 30.4. The van der Waals surface area contributed by atoms with E-state index in [4.69, 9.17) is 19.4 Å². The van der Waals surface area contributed by atoms with Gasteiger partial charge < -0.3 is 8.98 Å². The molecule has 0 aliphatic rings. The number of para-hydroxylation sites is 3. The Labute approximate surface area is 330 Å². The van der Waals surface area contributed by atoms with Crippen LogP contribution in [0.15, 0.2) is 186 Å². The third kappa shape index (κ3) is 5.04. The smallest absolute Gasteiger partial charge is 0.164 e. The first-order valence-electron chi connectivity index (χ1n) is 19.0. The molecule has 57 heavy (non-hydrogen) atoms. The average Bonchev–Trinajstić information content (AvgIpc) is 3.96. The molecule has 0 saturated carbocycles. The first-order chi connectivity index (χ1) is 28.2. The van der Waals surface area contributed by atoms with E-state index in [1.165, 1.54) is 42.0 Å². The minimum atomic E-state index is 0.648. The van der Waals surface area contributed by atoms with E-state index in [-0.39, 0.29) is 0 Å². The van der Waals surface area contributed by atoms with Gasteiger partial charge >= 0.3 is 0 Å². The average molecular weight is 747 g/mol. The second-order valence-electron chi connectivity index (χ2n) is 14.4. The van der Waals surface area contributed by atoms with Gasteiger partial charge in [0.15, 0.2) is 17.5 Å². The van der Waals surface area contributed by atoms with Gasteiger partial charge in [-0.15, -0.1) is 11.3 Å². The van der Waals surface area contributed by atoms with Gasteiger partial charge in [0.2, 0.25) is 0 Å². The summed E-state index contributed by atoms with van der Waals surface area (Å²) in [7, 11) is 0. The van der Waals surface area contributed by atoms with Crippen LogP contribution in [0.25, 0.3) is 115 Å². The Morgan fingerprint density at radius 2 is 0.982 bits per heavy atom. The second kappa shape index (κ2) is 12.6. The van der Waals surface area contributed by atoms with Gasteiger partial charge in [-0.2, -0.15) is 0 Å². The van der Waals surface area contributed by atoms with E-state index in [0.717, 1.165) is 55.4 Å². The fourth-order valence-electron chi connectivity index (χ4n) is 8.43. The maximum atomic E-state index is 6.75. The lowest BCUT2D eigenvalue weighted by Gasteiger charge is -2.08. The van der Waals surface area contributed by atoms with Crippen molar-refractivity contribution in [3.05, 3.63) is 182 Å². The van der Waals surface area contributed by atoms with Gasteiger partial charge in [0.25, 0.3) is 0 Å². The molecule has 5 nitrogen and oxygen atoms in total. The van der Waals surface area contributed by atoms with E-state index >= 15 is 0 Å². The van der Waals surface area contributed by atoms with Crippen LogP contribution in [-0.2, 0) is 0 Å². The number of fused-ring (bicyclic) bond motifs is 9. The Morgan fingerprint density at radius 1 is 0.404 bits per heavy atom.